The second kappa shape index (κ2) is 5.75. The summed E-state index contributed by atoms with van der Waals surface area (Å²) >= 11 is 0. The van der Waals surface area contributed by atoms with Crippen molar-refractivity contribution in [2.24, 2.45) is 0 Å². The smallest absolute Gasteiger partial charge is 0.246 e. The van der Waals surface area contributed by atoms with Crippen LogP contribution in [-0.2, 0) is 23.0 Å². The Kier molecular flexibility index (Phi) is 4.80. The first-order chi connectivity index (χ1) is 8.22. The van der Waals surface area contributed by atoms with Crippen LogP contribution >= 0.6 is 0 Å². The van der Waals surface area contributed by atoms with Gasteiger partial charge in [0.25, 0.3) is 0 Å². The van der Waals surface area contributed by atoms with E-state index in [1.807, 2.05) is 6.92 Å². The number of nitrogens with zero attached hydrogens (tertiary/aromatic N) is 1. The minimum atomic E-state index is -3.69. The fourth-order valence-electron chi connectivity index (χ4n) is 1.25. The molecule has 1 aromatic heterocycles. The van der Waals surface area contributed by atoms with Gasteiger partial charge in [-0.15, -0.1) is 0 Å². The Morgan fingerprint density at radius 2 is 2.17 bits per heavy atom. The van der Waals surface area contributed by atoms with Crippen molar-refractivity contribution < 1.29 is 17.2 Å². The van der Waals surface area contributed by atoms with Gasteiger partial charge in [-0.1, -0.05) is 6.92 Å². The molecule has 0 saturated heterocycles. The van der Waals surface area contributed by atoms with Crippen LogP contribution in [0.5, 0.6) is 0 Å². The maximum Gasteiger partial charge on any atom is 0.246 e. The van der Waals surface area contributed by atoms with Gasteiger partial charge in [-0.3, -0.25) is 5.10 Å². The van der Waals surface area contributed by atoms with Crippen molar-refractivity contribution in [2.75, 3.05) is 5.75 Å². The molecule has 0 aromatic carbocycles. The van der Waals surface area contributed by atoms with Gasteiger partial charge in [0.1, 0.15) is 0 Å². The Bertz CT molecular complexity index is 480. The number of halogens is 2. The van der Waals surface area contributed by atoms with E-state index in [0.29, 0.717) is 12.6 Å². The quantitative estimate of drug-likeness (QED) is 0.794. The fraction of sp³-hybridized carbons (Fsp3) is 0.700. The summed E-state index contributed by atoms with van der Waals surface area (Å²) in [5.41, 5.74) is 1.43. The van der Waals surface area contributed by atoms with Crippen LogP contribution in [-0.4, -0.2) is 30.3 Å². The van der Waals surface area contributed by atoms with Gasteiger partial charge >= 0.3 is 0 Å². The van der Waals surface area contributed by atoms with E-state index >= 15 is 0 Å². The fourth-order valence-corrected chi connectivity index (χ4v) is 2.40. The van der Waals surface area contributed by atoms with Crippen LogP contribution in [0.2, 0.25) is 0 Å². The third-order valence-electron chi connectivity index (χ3n) is 2.34. The molecule has 104 valence electrons. The van der Waals surface area contributed by atoms with Crippen LogP contribution < -0.4 is 4.72 Å². The van der Waals surface area contributed by atoms with Gasteiger partial charge in [-0.2, -0.15) is 5.10 Å². The van der Waals surface area contributed by atoms with E-state index in [0.717, 1.165) is 12.1 Å². The Balaban J connectivity index is 2.46. The molecule has 0 unspecified atom stereocenters. The standard InChI is InChI=1S/C10H17F2N3O2S/c1-3-8-6-9(15-14-8)7-13-18(16,17)5-4-10(2,11)12/h6,13H,3-5,7H2,1-2H3,(H,14,15). The summed E-state index contributed by atoms with van der Waals surface area (Å²) in [7, 11) is -3.69. The van der Waals surface area contributed by atoms with Crippen LogP contribution in [0.4, 0.5) is 8.78 Å². The van der Waals surface area contributed by atoms with Gasteiger partial charge in [0.15, 0.2) is 0 Å². The van der Waals surface area contributed by atoms with Crippen molar-refractivity contribution in [2.45, 2.75) is 39.2 Å². The van der Waals surface area contributed by atoms with E-state index in [2.05, 4.69) is 14.9 Å². The van der Waals surface area contributed by atoms with E-state index in [9.17, 15) is 17.2 Å². The molecule has 0 radical (unpaired) electrons. The van der Waals surface area contributed by atoms with Crippen LogP contribution in [0.15, 0.2) is 6.07 Å². The zero-order chi connectivity index (χ0) is 13.8. The zero-order valence-corrected chi connectivity index (χ0v) is 11.2. The molecule has 0 atom stereocenters. The van der Waals surface area contributed by atoms with E-state index in [4.69, 9.17) is 0 Å². The van der Waals surface area contributed by atoms with E-state index in [-0.39, 0.29) is 6.54 Å². The molecule has 0 bridgehead atoms. The van der Waals surface area contributed by atoms with Crippen LogP contribution in [0.1, 0.15) is 31.7 Å². The summed E-state index contributed by atoms with van der Waals surface area (Å²) < 4.78 is 50.3. The van der Waals surface area contributed by atoms with Gasteiger partial charge in [0.05, 0.1) is 23.7 Å². The lowest BCUT2D eigenvalue weighted by Crippen LogP contribution is -2.28. The predicted octanol–water partition coefficient (Wildman–Crippen LogP) is 1.44. The molecule has 8 heteroatoms. The average molecular weight is 281 g/mol. The minimum absolute atomic E-state index is 0.0324. The van der Waals surface area contributed by atoms with Gasteiger partial charge in [-0.25, -0.2) is 21.9 Å². The summed E-state index contributed by atoms with van der Waals surface area (Å²) in [6.07, 6.45) is 0.0524. The first kappa shape index (κ1) is 15.0. The number of rotatable bonds is 7. The number of hydrogen-bond acceptors (Lipinski definition) is 3. The Morgan fingerprint density at radius 3 is 2.67 bits per heavy atom. The molecule has 1 rings (SSSR count). The molecule has 0 saturated carbocycles. The van der Waals surface area contributed by atoms with E-state index < -0.39 is 28.1 Å². The first-order valence-electron chi connectivity index (χ1n) is 5.60. The minimum Gasteiger partial charge on any atom is -0.281 e. The number of alkyl halides is 2. The highest BCUT2D eigenvalue weighted by molar-refractivity contribution is 7.89. The maximum absolute atomic E-state index is 12.6. The lowest BCUT2D eigenvalue weighted by atomic mass is 10.3. The monoisotopic (exact) mass is 281 g/mol. The van der Waals surface area contributed by atoms with Crippen LogP contribution in [0.3, 0.4) is 0 Å². The van der Waals surface area contributed by atoms with Crippen molar-refractivity contribution in [3.8, 4) is 0 Å². The van der Waals surface area contributed by atoms with E-state index in [1.165, 1.54) is 0 Å². The Labute approximate surface area is 105 Å². The summed E-state index contributed by atoms with van der Waals surface area (Å²) in [6.45, 7) is 2.66. The summed E-state index contributed by atoms with van der Waals surface area (Å²) in [6, 6.07) is 1.73. The van der Waals surface area contributed by atoms with Crippen molar-refractivity contribution in [1.29, 1.82) is 0 Å². The van der Waals surface area contributed by atoms with E-state index in [1.54, 1.807) is 6.07 Å². The molecule has 0 amide bonds. The highest BCUT2D eigenvalue weighted by Gasteiger charge is 2.24. The number of hydrogen-bond donors (Lipinski definition) is 2. The molecule has 1 heterocycles. The molecule has 2 N–H and O–H groups in total. The molecule has 1 aromatic rings. The lowest BCUT2D eigenvalue weighted by Gasteiger charge is -2.10. The van der Waals surface area contributed by atoms with Crippen molar-refractivity contribution in [3.63, 3.8) is 0 Å². The van der Waals surface area contributed by atoms with Crippen molar-refractivity contribution in [3.05, 3.63) is 17.5 Å². The van der Waals surface area contributed by atoms with Gasteiger partial charge in [0.2, 0.25) is 15.9 Å². The molecule has 5 nitrogen and oxygen atoms in total. The number of sulfonamides is 1. The summed E-state index contributed by atoms with van der Waals surface area (Å²) in [5.74, 6) is -3.57. The van der Waals surface area contributed by atoms with Gasteiger partial charge < -0.3 is 0 Å². The second-order valence-corrected chi connectivity index (χ2v) is 6.12. The Hall–Kier alpha value is -1.02. The molecular formula is C10H17F2N3O2S. The highest BCUT2D eigenvalue weighted by Crippen LogP contribution is 2.17. The number of aromatic amines is 1. The van der Waals surface area contributed by atoms with Gasteiger partial charge in [-0.05, 0) is 19.4 Å². The molecule has 0 aliphatic rings. The summed E-state index contributed by atoms with van der Waals surface area (Å²) in [4.78, 5) is 0. The van der Waals surface area contributed by atoms with Crippen molar-refractivity contribution >= 4 is 10.0 Å². The molecule has 0 aliphatic heterocycles. The normalized spacial score (nSPS) is 12.9. The SMILES string of the molecule is CCc1cc(CNS(=O)(=O)CCC(C)(F)F)[nH]n1. The lowest BCUT2D eigenvalue weighted by molar-refractivity contribution is 0.0189. The topological polar surface area (TPSA) is 74.8 Å². The predicted molar refractivity (Wildman–Crippen MR) is 63.8 cm³/mol. The van der Waals surface area contributed by atoms with Gasteiger partial charge in [0, 0.05) is 6.42 Å². The van der Waals surface area contributed by atoms with Crippen LogP contribution in [0.25, 0.3) is 0 Å². The molecule has 0 fully saturated rings. The Morgan fingerprint density at radius 1 is 1.50 bits per heavy atom. The third-order valence-corrected chi connectivity index (χ3v) is 3.66. The first-order valence-corrected chi connectivity index (χ1v) is 7.25. The number of aryl methyl sites for hydroxylation is 1. The summed E-state index contributed by atoms with van der Waals surface area (Å²) in [5, 5.41) is 6.62. The largest absolute Gasteiger partial charge is 0.281 e. The number of nitrogens with one attached hydrogen (secondary N) is 2. The molecule has 0 aliphatic carbocycles. The van der Waals surface area contributed by atoms with Crippen molar-refractivity contribution in [1.82, 2.24) is 14.9 Å². The average Bonchev–Trinajstić information content (AvgIpc) is 2.71. The highest BCUT2D eigenvalue weighted by atomic mass is 32.2. The number of aromatic nitrogens is 2. The second-order valence-electron chi connectivity index (χ2n) is 4.20. The third kappa shape index (κ3) is 5.54. The maximum atomic E-state index is 12.6. The molecule has 0 spiro atoms. The molecular weight excluding hydrogens is 264 g/mol. The zero-order valence-electron chi connectivity index (χ0n) is 10.3. The van der Waals surface area contributed by atoms with Crippen LogP contribution in [0, 0.1) is 0 Å². The number of H-pyrrole nitrogens is 1. The molecule has 18 heavy (non-hydrogen) atoms.